The third kappa shape index (κ3) is 3.82. The number of carbonyl (C=O) groups is 1. The monoisotopic (exact) mass is 333 g/mol. The smallest absolute Gasteiger partial charge is 0.273 e. The van der Waals surface area contributed by atoms with Crippen LogP contribution >= 0.6 is 11.3 Å². The van der Waals surface area contributed by atoms with E-state index in [9.17, 15) is 4.79 Å². The molecule has 1 saturated carbocycles. The fraction of sp³-hybridized carbons (Fsp3) is 0.529. The van der Waals surface area contributed by atoms with Crippen molar-refractivity contribution < 1.29 is 9.32 Å². The van der Waals surface area contributed by atoms with Gasteiger partial charge in [0, 0.05) is 18.5 Å². The van der Waals surface area contributed by atoms with Crippen LogP contribution in [0, 0.1) is 0 Å². The minimum Gasteiger partial charge on any atom is -0.360 e. The molecular weight excluding hydrogens is 310 g/mol. The van der Waals surface area contributed by atoms with Crippen LogP contribution < -0.4 is 5.32 Å². The molecule has 0 unspecified atom stereocenters. The molecule has 0 aliphatic heterocycles. The maximum absolute atomic E-state index is 12.3. The number of aromatic nitrogens is 1. The van der Waals surface area contributed by atoms with Gasteiger partial charge in [-0.1, -0.05) is 19.0 Å². The van der Waals surface area contributed by atoms with Crippen molar-refractivity contribution in [2.24, 2.45) is 0 Å². The first-order valence-corrected chi connectivity index (χ1v) is 9.18. The first-order chi connectivity index (χ1) is 11.2. The quantitative estimate of drug-likeness (QED) is 0.804. The van der Waals surface area contributed by atoms with Crippen molar-refractivity contribution in [3.05, 3.63) is 39.9 Å². The van der Waals surface area contributed by atoms with Gasteiger partial charge < -0.3 is 9.84 Å². The van der Waals surface area contributed by atoms with Gasteiger partial charge in [-0.2, -0.15) is 11.3 Å². The zero-order valence-electron chi connectivity index (χ0n) is 13.6. The van der Waals surface area contributed by atoms with Gasteiger partial charge in [0.15, 0.2) is 5.69 Å². The van der Waals surface area contributed by atoms with Gasteiger partial charge in [0.1, 0.15) is 5.76 Å². The highest BCUT2D eigenvalue weighted by Gasteiger charge is 2.29. The molecule has 124 valence electrons. The summed E-state index contributed by atoms with van der Waals surface area (Å²) >= 11 is 1.68. The number of likely N-dealkylation sites (N-methyl/N-ethyl adjacent to an activating group) is 1. The van der Waals surface area contributed by atoms with E-state index in [2.05, 4.69) is 46.0 Å². The normalized spacial score (nSPS) is 15.8. The summed E-state index contributed by atoms with van der Waals surface area (Å²) < 4.78 is 5.26. The third-order valence-electron chi connectivity index (χ3n) is 4.38. The summed E-state index contributed by atoms with van der Waals surface area (Å²) in [7, 11) is 0. The second kappa shape index (κ2) is 7.27. The Bertz CT molecular complexity index is 630. The molecule has 0 saturated heterocycles. The Kier molecular flexibility index (Phi) is 5.13. The number of amides is 1. The van der Waals surface area contributed by atoms with Crippen molar-refractivity contribution in [2.75, 3.05) is 19.6 Å². The molecule has 2 aromatic heterocycles. The molecule has 6 heteroatoms. The van der Waals surface area contributed by atoms with Gasteiger partial charge in [-0.15, -0.1) is 0 Å². The van der Waals surface area contributed by atoms with E-state index in [-0.39, 0.29) is 11.9 Å². The van der Waals surface area contributed by atoms with Gasteiger partial charge in [-0.3, -0.25) is 9.69 Å². The molecule has 1 atom stereocenters. The molecule has 1 aliphatic carbocycles. The van der Waals surface area contributed by atoms with Crippen LogP contribution in [0.2, 0.25) is 0 Å². The molecule has 1 amide bonds. The molecule has 0 aromatic carbocycles. The first-order valence-electron chi connectivity index (χ1n) is 8.23. The highest BCUT2D eigenvalue weighted by molar-refractivity contribution is 7.07. The zero-order valence-corrected chi connectivity index (χ0v) is 14.4. The fourth-order valence-electron chi connectivity index (χ4n) is 2.82. The fourth-order valence-corrected chi connectivity index (χ4v) is 3.53. The molecule has 1 N–H and O–H groups in total. The Morgan fingerprint density at radius 3 is 2.87 bits per heavy atom. The number of hydrogen-bond donors (Lipinski definition) is 1. The largest absolute Gasteiger partial charge is 0.360 e. The van der Waals surface area contributed by atoms with E-state index >= 15 is 0 Å². The molecule has 1 aliphatic rings. The maximum Gasteiger partial charge on any atom is 0.273 e. The number of carbonyl (C=O) groups excluding carboxylic acids is 1. The highest BCUT2D eigenvalue weighted by Crippen LogP contribution is 2.40. The van der Waals surface area contributed by atoms with E-state index < -0.39 is 0 Å². The molecule has 0 radical (unpaired) electrons. The Hall–Kier alpha value is -1.66. The lowest BCUT2D eigenvalue weighted by Gasteiger charge is -2.29. The summed E-state index contributed by atoms with van der Waals surface area (Å²) in [6.07, 6.45) is 2.27. The van der Waals surface area contributed by atoms with E-state index in [1.807, 2.05) is 0 Å². The van der Waals surface area contributed by atoms with Gasteiger partial charge in [0.2, 0.25) is 0 Å². The Morgan fingerprint density at radius 2 is 2.26 bits per heavy atom. The standard InChI is InChI=1S/C17H23N3O2S/c1-3-20(4-2)15(13-7-8-23-11-13)10-18-17(21)14-9-16(22-19-14)12-5-6-12/h7-9,11-12,15H,3-6,10H2,1-2H3,(H,18,21)/t15-/m1/s1. The van der Waals surface area contributed by atoms with Crippen LogP contribution in [-0.4, -0.2) is 35.6 Å². The minimum atomic E-state index is -0.159. The lowest BCUT2D eigenvalue weighted by Crippen LogP contribution is -2.38. The van der Waals surface area contributed by atoms with Crippen LogP contribution in [0.15, 0.2) is 27.4 Å². The molecule has 5 nitrogen and oxygen atoms in total. The number of nitrogens with one attached hydrogen (secondary N) is 1. The summed E-state index contributed by atoms with van der Waals surface area (Å²) in [6.45, 7) is 6.75. The van der Waals surface area contributed by atoms with Crippen molar-refractivity contribution >= 4 is 17.2 Å². The summed E-state index contributed by atoms with van der Waals surface area (Å²) in [5, 5.41) is 11.1. The van der Waals surface area contributed by atoms with Crippen LogP contribution in [-0.2, 0) is 0 Å². The van der Waals surface area contributed by atoms with Gasteiger partial charge in [0.25, 0.3) is 5.91 Å². The number of nitrogens with zero attached hydrogens (tertiary/aromatic N) is 2. The van der Waals surface area contributed by atoms with Crippen LogP contribution in [0.3, 0.4) is 0 Å². The van der Waals surface area contributed by atoms with E-state index in [1.165, 1.54) is 5.56 Å². The second-order valence-corrected chi connectivity index (χ2v) is 6.67. The summed E-state index contributed by atoms with van der Waals surface area (Å²) in [6, 6.07) is 4.10. The number of rotatable bonds is 8. The van der Waals surface area contributed by atoms with Crippen molar-refractivity contribution in [2.45, 2.75) is 38.6 Å². The molecule has 1 fully saturated rings. The third-order valence-corrected chi connectivity index (χ3v) is 5.08. The van der Waals surface area contributed by atoms with E-state index in [4.69, 9.17) is 4.52 Å². The summed E-state index contributed by atoms with van der Waals surface area (Å²) in [4.78, 5) is 14.7. The van der Waals surface area contributed by atoms with Crippen molar-refractivity contribution in [3.63, 3.8) is 0 Å². The van der Waals surface area contributed by atoms with E-state index in [0.717, 1.165) is 31.7 Å². The molecule has 23 heavy (non-hydrogen) atoms. The SMILES string of the molecule is CCN(CC)[C@H](CNC(=O)c1cc(C2CC2)on1)c1ccsc1. The zero-order chi connectivity index (χ0) is 16.2. The molecular formula is C17H23N3O2S. The van der Waals surface area contributed by atoms with Crippen LogP contribution in [0.25, 0.3) is 0 Å². The van der Waals surface area contributed by atoms with Crippen molar-refractivity contribution in [1.82, 2.24) is 15.4 Å². The van der Waals surface area contributed by atoms with Gasteiger partial charge in [0.05, 0.1) is 6.04 Å². The molecule has 0 spiro atoms. The lowest BCUT2D eigenvalue weighted by atomic mass is 10.1. The maximum atomic E-state index is 12.3. The topological polar surface area (TPSA) is 58.4 Å². The van der Waals surface area contributed by atoms with E-state index in [0.29, 0.717) is 18.2 Å². The number of thiophene rings is 1. The Labute approximate surface area is 140 Å². The summed E-state index contributed by atoms with van der Waals surface area (Å²) in [5.74, 6) is 1.15. The average Bonchev–Trinajstić information content (AvgIpc) is 3.07. The predicted molar refractivity (Wildman–Crippen MR) is 90.8 cm³/mol. The minimum absolute atomic E-state index is 0.159. The molecule has 3 rings (SSSR count). The Balaban J connectivity index is 1.64. The average molecular weight is 333 g/mol. The van der Waals surface area contributed by atoms with Gasteiger partial charge in [-0.25, -0.2) is 0 Å². The van der Waals surface area contributed by atoms with Crippen molar-refractivity contribution in [1.29, 1.82) is 0 Å². The lowest BCUT2D eigenvalue weighted by molar-refractivity contribution is 0.0926. The van der Waals surface area contributed by atoms with Gasteiger partial charge in [-0.05, 0) is 48.3 Å². The van der Waals surface area contributed by atoms with Crippen LogP contribution in [0.5, 0.6) is 0 Å². The Morgan fingerprint density at radius 1 is 1.48 bits per heavy atom. The van der Waals surface area contributed by atoms with Crippen LogP contribution in [0.1, 0.15) is 60.5 Å². The predicted octanol–water partition coefficient (Wildman–Crippen LogP) is 3.43. The second-order valence-electron chi connectivity index (χ2n) is 5.89. The highest BCUT2D eigenvalue weighted by atomic mass is 32.1. The molecule has 0 bridgehead atoms. The van der Waals surface area contributed by atoms with Crippen molar-refractivity contribution in [3.8, 4) is 0 Å². The first kappa shape index (κ1) is 16.2. The van der Waals surface area contributed by atoms with E-state index in [1.54, 1.807) is 17.4 Å². The summed E-state index contributed by atoms with van der Waals surface area (Å²) in [5.41, 5.74) is 1.63. The molecule has 2 heterocycles. The number of hydrogen-bond acceptors (Lipinski definition) is 5. The molecule has 2 aromatic rings. The van der Waals surface area contributed by atoms with Gasteiger partial charge >= 0.3 is 0 Å². The van der Waals surface area contributed by atoms with Crippen LogP contribution in [0.4, 0.5) is 0 Å².